The standard InChI is InChI=1S/2C28H36FN3O3Si/c1-36(2,3)17-16-34-21-32-19-26(24-10-7-11-25(29)18-24)30-27(32)23-12-14-31(15-13-23)28(33)35-20-22-8-5-4-6-9-22;1-36(2,3)17-16-34-21-32-26(24-10-7-11-25(29)18-24)19-30-27(32)23-12-14-31(15-13-23)28(33)35-20-22-8-5-4-6-9-22/h2*4-11,18-19,23H,12-17,20-21H2,1-3H3. The molecule has 2 saturated heterocycles. The van der Waals surface area contributed by atoms with E-state index in [9.17, 15) is 18.4 Å². The molecule has 0 spiro atoms. The maximum absolute atomic E-state index is 14.0. The highest BCUT2D eigenvalue weighted by atomic mass is 28.3. The van der Waals surface area contributed by atoms with Crippen LogP contribution in [0.3, 0.4) is 0 Å². The Morgan fingerprint density at radius 3 is 1.57 bits per heavy atom. The van der Waals surface area contributed by atoms with Crippen molar-refractivity contribution in [3.63, 3.8) is 0 Å². The zero-order valence-corrected chi connectivity index (χ0v) is 44.9. The molecule has 0 atom stereocenters. The van der Waals surface area contributed by atoms with E-state index in [1.807, 2.05) is 85.2 Å². The van der Waals surface area contributed by atoms with Crippen LogP contribution in [-0.4, -0.2) is 96.6 Å². The van der Waals surface area contributed by atoms with Crippen LogP contribution in [0.5, 0.6) is 0 Å². The normalized spacial score (nSPS) is 14.7. The Bertz CT molecular complexity index is 2570. The molecule has 0 saturated carbocycles. The summed E-state index contributed by atoms with van der Waals surface area (Å²) in [5.41, 5.74) is 5.07. The molecule has 16 heteroatoms. The Hall–Kier alpha value is -5.95. The van der Waals surface area contributed by atoms with Crippen molar-refractivity contribution < 1.29 is 37.3 Å². The lowest BCUT2D eigenvalue weighted by Crippen LogP contribution is -2.38. The zero-order chi connectivity index (χ0) is 51.1. The summed E-state index contributed by atoms with van der Waals surface area (Å²) in [6, 6.07) is 34.7. The number of halogens is 2. The van der Waals surface area contributed by atoms with E-state index in [-0.39, 0.29) is 48.9 Å². The number of carbonyl (C=O) groups excluding carboxylic acids is 2. The molecule has 0 N–H and O–H groups in total. The average molecular weight is 1020 g/mol. The van der Waals surface area contributed by atoms with Gasteiger partial charge in [-0.05, 0) is 73.2 Å². The second kappa shape index (κ2) is 25.6. The fourth-order valence-electron chi connectivity index (χ4n) is 8.71. The maximum atomic E-state index is 14.0. The number of aromatic nitrogens is 4. The van der Waals surface area contributed by atoms with Gasteiger partial charge in [0.2, 0.25) is 0 Å². The van der Waals surface area contributed by atoms with E-state index in [1.54, 1.807) is 21.9 Å². The van der Waals surface area contributed by atoms with Crippen molar-refractivity contribution in [3.05, 3.63) is 156 Å². The Labute approximate surface area is 426 Å². The topological polar surface area (TPSA) is 113 Å². The van der Waals surface area contributed by atoms with Crippen LogP contribution >= 0.6 is 0 Å². The summed E-state index contributed by atoms with van der Waals surface area (Å²) in [5, 5.41) is 0. The van der Waals surface area contributed by atoms with Gasteiger partial charge in [-0.1, -0.05) is 124 Å². The van der Waals surface area contributed by atoms with Gasteiger partial charge in [0.05, 0.1) is 17.6 Å². The van der Waals surface area contributed by atoms with Crippen molar-refractivity contribution >= 4 is 28.3 Å². The van der Waals surface area contributed by atoms with Crippen molar-refractivity contribution in [2.45, 2.75) is 116 Å². The molecule has 2 aliphatic heterocycles. The van der Waals surface area contributed by atoms with E-state index in [2.05, 4.69) is 48.4 Å². The number of benzene rings is 4. The molecular weight excluding hydrogens is 947 g/mol. The van der Waals surface area contributed by atoms with Gasteiger partial charge in [-0.15, -0.1) is 0 Å². The molecule has 2 fully saturated rings. The number of imidazole rings is 2. The van der Waals surface area contributed by atoms with Crippen molar-refractivity contribution in [1.29, 1.82) is 0 Å². The summed E-state index contributed by atoms with van der Waals surface area (Å²) in [5.74, 6) is 1.68. The summed E-state index contributed by atoms with van der Waals surface area (Å²) in [7, 11) is -2.39. The van der Waals surface area contributed by atoms with Crippen LogP contribution in [-0.2, 0) is 45.6 Å². The second-order valence-corrected chi connectivity index (χ2v) is 32.4. The molecule has 0 unspecified atom stereocenters. The third-order valence-electron chi connectivity index (χ3n) is 13.0. The number of hydrogen-bond acceptors (Lipinski definition) is 8. The van der Waals surface area contributed by atoms with Crippen molar-refractivity contribution in [2.75, 3.05) is 39.4 Å². The van der Waals surface area contributed by atoms with Crippen molar-refractivity contribution in [1.82, 2.24) is 28.9 Å². The van der Waals surface area contributed by atoms with Crippen LogP contribution in [0.2, 0.25) is 51.4 Å². The third-order valence-corrected chi connectivity index (χ3v) is 16.4. The van der Waals surface area contributed by atoms with Crippen LogP contribution in [0, 0.1) is 11.6 Å². The highest BCUT2D eigenvalue weighted by Crippen LogP contribution is 2.33. The second-order valence-electron chi connectivity index (χ2n) is 21.2. The number of amides is 2. The van der Waals surface area contributed by atoms with Gasteiger partial charge in [0.15, 0.2) is 0 Å². The monoisotopic (exact) mass is 1020 g/mol. The number of carbonyl (C=O) groups is 2. The quantitative estimate of drug-likeness (QED) is 0.0618. The lowest BCUT2D eigenvalue weighted by atomic mass is 9.96. The molecule has 384 valence electrons. The highest BCUT2D eigenvalue weighted by molar-refractivity contribution is 6.76. The number of rotatable bonds is 18. The molecule has 6 aromatic rings. The van der Waals surface area contributed by atoms with Gasteiger partial charge < -0.3 is 37.9 Å². The Morgan fingerprint density at radius 2 is 1.07 bits per heavy atom. The summed E-state index contributed by atoms with van der Waals surface area (Å²) in [6.07, 6.45) is 6.35. The lowest BCUT2D eigenvalue weighted by molar-refractivity contribution is 0.0777. The fraction of sp³-hybridized carbons (Fsp3) is 0.429. The Kier molecular flexibility index (Phi) is 19.2. The number of hydrogen-bond donors (Lipinski definition) is 0. The van der Waals surface area contributed by atoms with E-state index in [1.165, 1.54) is 24.3 Å². The first-order valence-corrected chi connectivity index (χ1v) is 32.7. The fourth-order valence-corrected chi connectivity index (χ4v) is 10.2. The van der Waals surface area contributed by atoms with Crippen LogP contribution < -0.4 is 0 Å². The number of nitrogens with zero attached hydrogens (tertiary/aromatic N) is 6. The molecule has 0 aliphatic carbocycles. The average Bonchev–Trinajstić information content (AvgIpc) is 4.00. The van der Waals surface area contributed by atoms with E-state index < -0.39 is 16.1 Å². The van der Waals surface area contributed by atoms with Crippen molar-refractivity contribution in [3.8, 4) is 22.5 Å². The first-order chi connectivity index (χ1) is 34.6. The molecule has 2 aliphatic rings. The SMILES string of the molecule is C[Si](C)(C)CCOCn1c(-c2cccc(F)c2)cnc1C1CCN(C(=O)OCc2ccccc2)CC1.C[Si](C)(C)CCOCn1cc(-c2cccc(F)c2)nc1C1CCN(C(=O)OCc2ccccc2)CC1. The van der Waals surface area contributed by atoms with Gasteiger partial charge in [-0.3, -0.25) is 0 Å². The summed E-state index contributed by atoms with van der Waals surface area (Å²) >= 11 is 0. The summed E-state index contributed by atoms with van der Waals surface area (Å²) in [4.78, 5) is 38.4. The lowest BCUT2D eigenvalue weighted by Gasteiger charge is -2.31. The highest BCUT2D eigenvalue weighted by Gasteiger charge is 2.30. The smallest absolute Gasteiger partial charge is 0.410 e. The molecule has 0 bridgehead atoms. The molecule has 4 aromatic carbocycles. The van der Waals surface area contributed by atoms with E-state index >= 15 is 0 Å². The van der Waals surface area contributed by atoms with Gasteiger partial charge in [-0.25, -0.2) is 28.3 Å². The van der Waals surface area contributed by atoms with Crippen LogP contribution in [0.15, 0.2) is 122 Å². The molecule has 2 aromatic heterocycles. The minimum atomic E-state index is -1.21. The maximum Gasteiger partial charge on any atom is 0.410 e. The number of piperidine rings is 2. The molecular formula is C56H72F2N6O6Si2. The van der Waals surface area contributed by atoms with Gasteiger partial charge in [-0.2, -0.15) is 0 Å². The van der Waals surface area contributed by atoms with Crippen LogP contribution in [0.25, 0.3) is 22.5 Å². The van der Waals surface area contributed by atoms with Crippen molar-refractivity contribution in [2.24, 2.45) is 0 Å². The molecule has 4 heterocycles. The number of ether oxygens (including phenoxy) is 4. The Morgan fingerprint density at radius 1 is 0.597 bits per heavy atom. The molecule has 0 radical (unpaired) electrons. The Balaban J connectivity index is 0.000000211. The zero-order valence-electron chi connectivity index (χ0n) is 42.9. The van der Waals surface area contributed by atoms with E-state index in [4.69, 9.17) is 28.9 Å². The predicted molar refractivity (Wildman–Crippen MR) is 284 cm³/mol. The van der Waals surface area contributed by atoms with E-state index in [0.717, 1.165) is 83.1 Å². The van der Waals surface area contributed by atoms with Gasteiger partial charge in [0.25, 0.3) is 0 Å². The van der Waals surface area contributed by atoms with Gasteiger partial charge in [0.1, 0.15) is 50.0 Å². The summed E-state index contributed by atoms with van der Waals surface area (Å²) < 4.78 is 55.1. The molecule has 2 amide bonds. The largest absolute Gasteiger partial charge is 0.445 e. The minimum absolute atomic E-state index is 0.186. The molecule has 8 rings (SSSR count). The van der Waals surface area contributed by atoms with Crippen LogP contribution in [0.4, 0.5) is 18.4 Å². The first-order valence-electron chi connectivity index (χ1n) is 25.3. The minimum Gasteiger partial charge on any atom is -0.445 e. The molecule has 72 heavy (non-hydrogen) atoms. The van der Waals surface area contributed by atoms with Gasteiger partial charge in [0, 0.05) is 84.7 Å². The summed E-state index contributed by atoms with van der Waals surface area (Å²) in [6.45, 7) is 19.2. The first kappa shape index (κ1) is 53.8. The third kappa shape index (κ3) is 16.3. The van der Waals surface area contributed by atoms with Crippen LogP contribution in [0.1, 0.15) is 60.3 Å². The number of likely N-dealkylation sites (tertiary alicyclic amines) is 2. The molecule has 12 nitrogen and oxygen atoms in total. The van der Waals surface area contributed by atoms with Gasteiger partial charge >= 0.3 is 12.2 Å². The van der Waals surface area contributed by atoms with E-state index in [0.29, 0.717) is 52.9 Å². The predicted octanol–water partition coefficient (Wildman–Crippen LogP) is 13.0.